The standard InChI is InChI=1S/C16H28N4O2/c1-17-13(21)16-5-4-15(12(16)10-19(3)11-16)6-8-20(9-7-15)14(22)18-2/h12H,4-11H2,1-3H3,(H,17,21)(H,18,22)/t12-,16+/m0/s1. The fraction of sp³-hybridized carbons (Fsp3) is 0.875. The number of urea groups is 1. The summed E-state index contributed by atoms with van der Waals surface area (Å²) in [6.45, 7) is 3.50. The van der Waals surface area contributed by atoms with Gasteiger partial charge in [0.25, 0.3) is 0 Å². The largest absolute Gasteiger partial charge is 0.359 e. The van der Waals surface area contributed by atoms with Crippen molar-refractivity contribution < 1.29 is 9.59 Å². The monoisotopic (exact) mass is 308 g/mol. The highest BCUT2D eigenvalue weighted by Crippen LogP contribution is 2.61. The second kappa shape index (κ2) is 5.41. The Balaban J connectivity index is 1.80. The molecule has 1 saturated carbocycles. The van der Waals surface area contributed by atoms with Crippen LogP contribution in [0.1, 0.15) is 25.7 Å². The summed E-state index contributed by atoms with van der Waals surface area (Å²) in [5, 5.41) is 5.62. The summed E-state index contributed by atoms with van der Waals surface area (Å²) in [7, 11) is 5.56. The Morgan fingerprint density at radius 3 is 2.32 bits per heavy atom. The molecule has 0 aromatic rings. The van der Waals surface area contributed by atoms with E-state index in [4.69, 9.17) is 0 Å². The Morgan fingerprint density at radius 1 is 1.05 bits per heavy atom. The van der Waals surface area contributed by atoms with Crippen LogP contribution in [0.2, 0.25) is 0 Å². The quantitative estimate of drug-likeness (QED) is 0.741. The third-order valence-corrected chi connectivity index (χ3v) is 6.46. The van der Waals surface area contributed by atoms with E-state index >= 15 is 0 Å². The predicted octanol–water partition coefficient (Wildman–Crippen LogP) is 0.496. The smallest absolute Gasteiger partial charge is 0.317 e. The summed E-state index contributed by atoms with van der Waals surface area (Å²) in [5.41, 5.74) is 0.0283. The molecule has 22 heavy (non-hydrogen) atoms. The summed E-state index contributed by atoms with van der Waals surface area (Å²) in [6.07, 6.45) is 4.16. The average molecular weight is 308 g/mol. The van der Waals surface area contributed by atoms with Gasteiger partial charge >= 0.3 is 6.03 Å². The summed E-state index contributed by atoms with van der Waals surface area (Å²) in [6, 6.07) is 0.0222. The molecule has 0 aromatic carbocycles. The third-order valence-electron chi connectivity index (χ3n) is 6.46. The van der Waals surface area contributed by atoms with Crippen molar-refractivity contribution in [2.75, 3.05) is 47.3 Å². The number of nitrogens with zero attached hydrogens (tertiary/aromatic N) is 2. The topological polar surface area (TPSA) is 64.7 Å². The molecular weight excluding hydrogens is 280 g/mol. The second-order valence-corrected chi connectivity index (χ2v) is 7.39. The van der Waals surface area contributed by atoms with E-state index in [-0.39, 0.29) is 22.8 Å². The van der Waals surface area contributed by atoms with Gasteiger partial charge < -0.3 is 20.4 Å². The van der Waals surface area contributed by atoms with Crippen LogP contribution in [0.5, 0.6) is 0 Å². The summed E-state index contributed by atoms with van der Waals surface area (Å²) >= 11 is 0. The van der Waals surface area contributed by atoms with Gasteiger partial charge in [-0.1, -0.05) is 0 Å². The fourth-order valence-electron chi connectivity index (χ4n) is 5.33. The van der Waals surface area contributed by atoms with Gasteiger partial charge in [-0.2, -0.15) is 0 Å². The second-order valence-electron chi connectivity index (χ2n) is 7.39. The van der Waals surface area contributed by atoms with E-state index in [1.165, 1.54) is 0 Å². The van der Waals surface area contributed by atoms with Crippen molar-refractivity contribution in [2.45, 2.75) is 25.7 Å². The van der Waals surface area contributed by atoms with Gasteiger partial charge in [0.2, 0.25) is 5.91 Å². The number of hydrogen-bond acceptors (Lipinski definition) is 3. The number of carbonyl (C=O) groups is 2. The van der Waals surface area contributed by atoms with E-state index in [2.05, 4.69) is 22.6 Å². The first kappa shape index (κ1) is 15.6. The molecule has 124 valence electrons. The minimum absolute atomic E-state index is 0.0222. The first-order valence-electron chi connectivity index (χ1n) is 8.35. The lowest BCUT2D eigenvalue weighted by Gasteiger charge is -2.44. The first-order valence-corrected chi connectivity index (χ1v) is 8.35. The molecule has 3 aliphatic rings. The predicted molar refractivity (Wildman–Crippen MR) is 84.4 cm³/mol. The lowest BCUT2D eigenvalue weighted by molar-refractivity contribution is -0.132. The highest BCUT2D eigenvalue weighted by Gasteiger charge is 2.63. The zero-order valence-corrected chi connectivity index (χ0v) is 13.9. The third kappa shape index (κ3) is 2.11. The van der Waals surface area contributed by atoms with E-state index in [1.54, 1.807) is 14.1 Å². The van der Waals surface area contributed by atoms with Crippen LogP contribution in [0.25, 0.3) is 0 Å². The summed E-state index contributed by atoms with van der Waals surface area (Å²) < 4.78 is 0. The van der Waals surface area contributed by atoms with Crippen LogP contribution in [-0.2, 0) is 4.79 Å². The van der Waals surface area contributed by atoms with Gasteiger partial charge in [0, 0.05) is 40.3 Å². The van der Waals surface area contributed by atoms with Gasteiger partial charge in [-0.25, -0.2) is 4.79 Å². The molecule has 0 aromatic heterocycles. The lowest BCUT2D eigenvalue weighted by Crippen LogP contribution is -2.50. The number of hydrogen-bond donors (Lipinski definition) is 2. The van der Waals surface area contributed by atoms with Crippen molar-refractivity contribution in [2.24, 2.45) is 16.7 Å². The minimum atomic E-state index is -0.210. The minimum Gasteiger partial charge on any atom is -0.359 e. The maximum atomic E-state index is 12.6. The van der Waals surface area contributed by atoms with Gasteiger partial charge in [-0.3, -0.25) is 4.79 Å². The SMILES string of the molecule is CNC(=O)N1CCC2(CC1)CC[C@@]1(C(=O)NC)CN(C)C[C@@H]21. The molecule has 3 amide bonds. The van der Waals surface area contributed by atoms with Gasteiger partial charge in [-0.05, 0) is 44.1 Å². The van der Waals surface area contributed by atoms with E-state index in [0.29, 0.717) is 5.92 Å². The molecule has 0 bridgehead atoms. The van der Waals surface area contributed by atoms with Gasteiger partial charge in [0.15, 0.2) is 0 Å². The summed E-state index contributed by atoms with van der Waals surface area (Å²) in [4.78, 5) is 28.6. The van der Waals surface area contributed by atoms with Crippen LogP contribution in [0.4, 0.5) is 4.79 Å². The molecule has 2 atom stereocenters. The van der Waals surface area contributed by atoms with Crippen LogP contribution in [-0.4, -0.2) is 69.1 Å². The zero-order valence-electron chi connectivity index (χ0n) is 13.9. The average Bonchev–Trinajstić information content (AvgIpc) is 3.02. The van der Waals surface area contributed by atoms with E-state index in [1.807, 2.05) is 4.90 Å². The summed E-state index contributed by atoms with van der Waals surface area (Å²) in [5.74, 6) is 0.643. The van der Waals surface area contributed by atoms with Gasteiger partial charge in [-0.15, -0.1) is 0 Å². The highest BCUT2D eigenvalue weighted by molar-refractivity contribution is 5.84. The molecule has 1 aliphatic carbocycles. The van der Waals surface area contributed by atoms with Crippen LogP contribution in [0.3, 0.4) is 0 Å². The van der Waals surface area contributed by atoms with Gasteiger partial charge in [0.1, 0.15) is 0 Å². The van der Waals surface area contributed by atoms with Crippen molar-refractivity contribution >= 4 is 11.9 Å². The van der Waals surface area contributed by atoms with Gasteiger partial charge in [0.05, 0.1) is 5.41 Å². The molecule has 0 unspecified atom stereocenters. The maximum absolute atomic E-state index is 12.6. The number of likely N-dealkylation sites (tertiary alicyclic amines) is 2. The molecule has 6 nitrogen and oxygen atoms in total. The van der Waals surface area contributed by atoms with E-state index < -0.39 is 0 Å². The normalized spacial score (nSPS) is 33.8. The molecule has 2 saturated heterocycles. The molecule has 2 heterocycles. The molecule has 0 radical (unpaired) electrons. The maximum Gasteiger partial charge on any atom is 0.317 e. The number of amides is 3. The zero-order chi connectivity index (χ0) is 16.0. The number of carbonyl (C=O) groups excluding carboxylic acids is 2. The number of rotatable bonds is 1. The Bertz CT molecular complexity index is 473. The van der Waals surface area contributed by atoms with Crippen molar-refractivity contribution in [1.82, 2.24) is 20.4 Å². The van der Waals surface area contributed by atoms with Crippen molar-refractivity contribution in [3.8, 4) is 0 Å². The van der Waals surface area contributed by atoms with Crippen LogP contribution in [0.15, 0.2) is 0 Å². The highest BCUT2D eigenvalue weighted by atomic mass is 16.2. The number of nitrogens with one attached hydrogen (secondary N) is 2. The van der Waals surface area contributed by atoms with Crippen LogP contribution in [0, 0.1) is 16.7 Å². The van der Waals surface area contributed by atoms with Crippen molar-refractivity contribution in [1.29, 1.82) is 0 Å². The Morgan fingerprint density at radius 2 is 1.73 bits per heavy atom. The van der Waals surface area contributed by atoms with Crippen LogP contribution < -0.4 is 10.6 Å². The molecule has 2 N–H and O–H groups in total. The molecule has 2 aliphatic heterocycles. The molecular formula is C16H28N4O2. The molecule has 3 fully saturated rings. The Kier molecular flexibility index (Phi) is 3.83. The lowest BCUT2D eigenvalue weighted by atomic mass is 9.65. The van der Waals surface area contributed by atoms with E-state index in [9.17, 15) is 9.59 Å². The van der Waals surface area contributed by atoms with Crippen LogP contribution >= 0.6 is 0 Å². The molecule has 1 spiro atoms. The van der Waals surface area contributed by atoms with E-state index in [0.717, 1.165) is 51.9 Å². The molecule has 6 heteroatoms. The number of piperidine rings is 1. The Hall–Kier alpha value is -1.30. The fourth-order valence-corrected chi connectivity index (χ4v) is 5.33. The van der Waals surface area contributed by atoms with Crippen molar-refractivity contribution in [3.05, 3.63) is 0 Å². The Labute approximate surface area is 132 Å². The number of fused-ring (bicyclic) bond motifs is 2. The molecule has 3 rings (SSSR count). The van der Waals surface area contributed by atoms with Crippen molar-refractivity contribution in [3.63, 3.8) is 0 Å². The first-order chi connectivity index (χ1) is 10.5.